The highest BCUT2D eigenvalue weighted by Gasteiger charge is 2.22. The van der Waals surface area contributed by atoms with Gasteiger partial charge in [0.25, 0.3) is 11.2 Å². The van der Waals surface area contributed by atoms with Gasteiger partial charge in [-0.25, -0.2) is 4.98 Å². The molecule has 3 aromatic rings. The Kier molecular flexibility index (Phi) is 6.64. The number of non-ortho nitro benzene ring substituents is 1. The molecule has 0 fully saturated rings. The molecule has 1 aliphatic heterocycles. The van der Waals surface area contributed by atoms with Crippen LogP contribution < -0.4 is 10.3 Å². The van der Waals surface area contributed by atoms with Crippen LogP contribution in [0.5, 0.6) is 5.75 Å². The second kappa shape index (κ2) is 9.99. The van der Waals surface area contributed by atoms with Gasteiger partial charge in [-0.2, -0.15) is 0 Å². The van der Waals surface area contributed by atoms with Gasteiger partial charge in [0, 0.05) is 35.6 Å². The van der Waals surface area contributed by atoms with E-state index in [4.69, 9.17) is 14.5 Å². The number of benzene rings is 2. The smallest absolute Gasteiger partial charge is 0.270 e. The van der Waals surface area contributed by atoms with Crippen LogP contribution in [0.15, 0.2) is 58.0 Å². The Balaban J connectivity index is 1.48. The number of fused-ring (bicyclic) bond motifs is 2. The first-order valence-electron chi connectivity index (χ1n) is 11.4. The Bertz CT molecular complexity index is 1330. The molecule has 2 aromatic carbocycles. The van der Waals surface area contributed by atoms with Gasteiger partial charge in [0.1, 0.15) is 5.75 Å². The molecule has 0 bridgehead atoms. The summed E-state index contributed by atoms with van der Waals surface area (Å²) in [7, 11) is 0. The van der Waals surface area contributed by atoms with Crippen LogP contribution in [0.25, 0.3) is 10.9 Å². The molecule has 0 spiro atoms. The minimum absolute atomic E-state index is 0.00320. The summed E-state index contributed by atoms with van der Waals surface area (Å²) in [4.78, 5) is 29.2. The topological polar surface area (TPSA) is 96.5 Å². The molecule has 34 heavy (non-hydrogen) atoms. The first kappa shape index (κ1) is 22.6. The first-order valence-corrected chi connectivity index (χ1v) is 12.4. The zero-order valence-corrected chi connectivity index (χ0v) is 19.5. The molecular formula is C25H25N3O5S. The van der Waals surface area contributed by atoms with E-state index in [2.05, 4.69) is 6.08 Å². The van der Waals surface area contributed by atoms with E-state index in [1.165, 1.54) is 42.3 Å². The fourth-order valence-corrected chi connectivity index (χ4v) is 5.47. The van der Waals surface area contributed by atoms with Crippen molar-refractivity contribution >= 4 is 28.4 Å². The fourth-order valence-electron chi connectivity index (χ4n) is 4.48. The summed E-state index contributed by atoms with van der Waals surface area (Å²) in [6.07, 6.45) is 7.72. The summed E-state index contributed by atoms with van der Waals surface area (Å²) in [6.45, 7) is 0.932. The largest absolute Gasteiger partial charge is 0.467 e. The number of hydrogen-bond donors (Lipinski definition) is 0. The lowest BCUT2D eigenvalue weighted by Crippen LogP contribution is -2.24. The highest BCUT2D eigenvalue weighted by molar-refractivity contribution is 7.98. The average Bonchev–Trinajstić information content (AvgIpc) is 2.87. The highest BCUT2D eigenvalue weighted by atomic mass is 32.2. The normalized spacial score (nSPS) is 15.5. The van der Waals surface area contributed by atoms with Gasteiger partial charge in [0.05, 0.1) is 22.4 Å². The summed E-state index contributed by atoms with van der Waals surface area (Å²) in [6, 6.07) is 10.4. The Morgan fingerprint density at radius 3 is 2.91 bits per heavy atom. The van der Waals surface area contributed by atoms with Crippen molar-refractivity contribution in [1.82, 2.24) is 9.55 Å². The third kappa shape index (κ3) is 4.71. The summed E-state index contributed by atoms with van der Waals surface area (Å²) < 4.78 is 12.7. The third-order valence-corrected chi connectivity index (χ3v) is 7.23. The lowest BCUT2D eigenvalue weighted by molar-refractivity contribution is -0.385. The van der Waals surface area contributed by atoms with Crippen LogP contribution >= 0.6 is 11.8 Å². The van der Waals surface area contributed by atoms with Gasteiger partial charge in [0.2, 0.25) is 0 Å². The Hall–Kier alpha value is -3.17. The highest BCUT2D eigenvalue weighted by Crippen LogP contribution is 2.36. The van der Waals surface area contributed by atoms with E-state index in [-0.39, 0.29) is 24.6 Å². The quantitative estimate of drug-likeness (QED) is 0.148. The van der Waals surface area contributed by atoms with Gasteiger partial charge in [-0.3, -0.25) is 19.5 Å². The van der Waals surface area contributed by atoms with Gasteiger partial charge < -0.3 is 9.47 Å². The molecule has 0 amide bonds. The summed E-state index contributed by atoms with van der Waals surface area (Å²) >= 11 is 1.40. The van der Waals surface area contributed by atoms with E-state index in [0.717, 1.165) is 19.3 Å². The molecule has 0 saturated carbocycles. The monoisotopic (exact) mass is 479 g/mol. The number of nitro groups is 1. The van der Waals surface area contributed by atoms with Crippen molar-refractivity contribution in [1.29, 1.82) is 0 Å². The van der Waals surface area contributed by atoms with Crippen molar-refractivity contribution in [3.05, 3.63) is 79.6 Å². The lowest BCUT2D eigenvalue weighted by Gasteiger charge is -2.21. The zero-order chi connectivity index (χ0) is 23.5. The number of thioether (sulfide) groups is 1. The maximum absolute atomic E-state index is 13.4. The van der Waals surface area contributed by atoms with E-state index in [9.17, 15) is 14.9 Å². The molecule has 0 atom stereocenters. The molecule has 5 rings (SSSR count). The van der Waals surface area contributed by atoms with E-state index in [0.29, 0.717) is 45.2 Å². The van der Waals surface area contributed by atoms with Gasteiger partial charge in [-0.15, -0.1) is 0 Å². The van der Waals surface area contributed by atoms with Crippen molar-refractivity contribution in [2.75, 3.05) is 6.79 Å². The fraction of sp³-hybridized carbons (Fsp3) is 0.360. The molecule has 8 nitrogen and oxygen atoms in total. The van der Waals surface area contributed by atoms with Crippen LogP contribution in [-0.4, -0.2) is 21.3 Å². The number of ether oxygens (including phenoxy) is 2. The van der Waals surface area contributed by atoms with Crippen molar-refractivity contribution in [2.24, 2.45) is 0 Å². The average molecular weight is 480 g/mol. The molecular weight excluding hydrogens is 454 g/mol. The molecule has 0 radical (unpaired) electrons. The van der Waals surface area contributed by atoms with Gasteiger partial charge in [-0.05, 0) is 44.2 Å². The standard InChI is InChI=1S/C25H25N3O5S/c29-24-21-8-4-5-9-22(21)26-25(27(24)11-10-17-6-2-1-3-7-17)34-15-19-13-20(28(30)31)12-18-14-32-16-33-23(18)19/h4-6,8-9,12-13H,1-3,7,10-11,14-16H2. The Morgan fingerprint density at radius 2 is 2.09 bits per heavy atom. The lowest BCUT2D eigenvalue weighted by atomic mass is 9.97. The molecule has 176 valence electrons. The zero-order valence-electron chi connectivity index (χ0n) is 18.7. The predicted molar refractivity (Wildman–Crippen MR) is 130 cm³/mol. The number of nitro benzene ring substituents is 1. The third-order valence-electron chi connectivity index (χ3n) is 6.21. The van der Waals surface area contributed by atoms with Gasteiger partial charge in [-0.1, -0.05) is 35.5 Å². The predicted octanol–water partition coefficient (Wildman–Crippen LogP) is 5.35. The number of aromatic nitrogens is 2. The minimum Gasteiger partial charge on any atom is -0.467 e. The number of hydrogen-bond acceptors (Lipinski definition) is 7. The molecule has 2 heterocycles. The van der Waals surface area contributed by atoms with Gasteiger partial charge in [0.15, 0.2) is 11.9 Å². The maximum atomic E-state index is 13.4. The SMILES string of the molecule is O=c1c2ccccc2nc(SCc2cc([N+](=O)[O-])cc3c2OCOC3)n1CCC1=CCCCC1. The minimum atomic E-state index is -0.412. The number of allylic oxidation sites excluding steroid dienone is 2. The van der Waals surface area contributed by atoms with E-state index >= 15 is 0 Å². The molecule has 0 saturated heterocycles. The molecule has 1 aromatic heterocycles. The second-order valence-electron chi connectivity index (χ2n) is 8.48. The maximum Gasteiger partial charge on any atom is 0.270 e. The molecule has 0 N–H and O–H groups in total. The van der Waals surface area contributed by atoms with Crippen LogP contribution in [0, 0.1) is 10.1 Å². The van der Waals surface area contributed by atoms with Crippen LogP contribution in [0.1, 0.15) is 43.2 Å². The molecule has 1 aliphatic carbocycles. The Labute approximate surface area is 200 Å². The van der Waals surface area contributed by atoms with E-state index in [1.54, 1.807) is 10.6 Å². The van der Waals surface area contributed by atoms with Crippen LogP contribution in [0.3, 0.4) is 0 Å². The van der Waals surface area contributed by atoms with Gasteiger partial charge >= 0.3 is 0 Å². The first-order chi connectivity index (χ1) is 16.6. The summed E-state index contributed by atoms with van der Waals surface area (Å²) in [5.74, 6) is 1.00. The number of nitrogens with zero attached hydrogens (tertiary/aromatic N) is 3. The molecule has 0 unspecified atom stereocenters. The Morgan fingerprint density at radius 1 is 1.21 bits per heavy atom. The van der Waals surface area contributed by atoms with E-state index in [1.807, 2.05) is 18.2 Å². The summed E-state index contributed by atoms with van der Waals surface area (Å²) in [5, 5.41) is 12.6. The van der Waals surface area contributed by atoms with Crippen LogP contribution in [0.2, 0.25) is 0 Å². The van der Waals surface area contributed by atoms with Crippen molar-refractivity contribution in [3.8, 4) is 5.75 Å². The van der Waals surface area contributed by atoms with Crippen molar-refractivity contribution < 1.29 is 14.4 Å². The van der Waals surface area contributed by atoms with Crippen LogP contribution in [-0.2, 0) is 23.6 Å². The van der Waals surface area contributed by atoms with Crippen molar-refractivity contribution in [3.63, 3.8) is 0 Å². The van der Waals surface area contributed by atoms with Crippen molar-refractivity contribution in [2.45, 2.75) is 56.2 Å². The molecule has 2 aliphatic rings. The van der Waals surface area contributed by atoms with Crippen LogP contribution in [0.4, 0.5) is 5.69 Å². The molecule has 9 heteroatoms. The van der Waals surface area contributed by atoms with E-state index < -0.39 is 4.92 Å². The number of rotatable bonds is 7. The summed E-state index contributed by atoms with van der Waals surface area (Å²) in [5.41, 5.74) is 3.33. The second-order valence-corrected chi connectivity index (χ2v) is 9.42. The number of para-hydroxylation sites is 1.